The molecule has 1 aromatic carbocycles. The van der Waals surface area contributed by atoms with Crippen LogP contribution < -0.4 is 5.32 Å². The molecule has 0 aliphatic heterocycles. The van der Waals surface area contributed by atoms with Crippen LogP contribution in [0.4, 0.5) is 5.69 Å². The molecular formula is C12H13I2N3. The number of halogens is 2. The van der Waals surface area contributed by atoms with Crippen molar-refractivity contribution in [1.82, 2.24) is 9.55 Å². The van der Waals surface area contributed by atoms with Crippen molar-refractivity contribution in [3.05, 3.63) is 43.6 Å². The fraction of sp³-hybridized carbons (Fsp3) is 0.250. The van der Waals surface area contributed by atoms with Gasteiger partial charge in [0, 0.05) is 18.8 Å². The Balaban J connectivity index is 1.90. The minimum atomic E-state index is 0.909. The Morgan fingerprint density at radius 1 is 1.35 bits per heavy atom. The molecular weight excluding hydrogens is 440 g/mol. The van der Waals surface area contributed by atoms with Crippen molar-refractivity contribution < 1.29 is 0 Å². The van der Waals surface area contributed by atoms with E-state index in [2.05, 4.69) is 91.2 Å². The second-order valence-electron chi connectivity index (χ2n) is 3.82. The summed E-state index contributed by atoms with van der Waals surface area (Å²) in [4.78, 5) is 4.27. The first-order valence-electron chi connectivity index (χ1n) is 5.33. The van der Waals surface area contributed by atoms with Crippen molar-refractivity contribution >= 4 is 50.9 Å². The summed E-state index contributed by atoms with van der Waals surface area (Å²) in [5, 5.41) is 3.42. The van der Waals surface area contributed by atoms with Gasteiger partial charge in [-0.05, 0) is 69.8 Å². The van der Waals surface area contributed by atoms with Crippen LogP contribution in [-0.4, -0.2) is 16.1 Å². The Morgan fingerprint density at radius 3 is 2.82 bits per heavy atom. The maximum Gasteiger partial charge on any atom is 0.132 e. The van der Waals surface area contributed by atoms with Crippen LogP contribution in [0.15, 0.2) is 30.6 Å². The van der Waals surface area contributed by atoms with Crippen LogP contribution in [-0.2, 0) is 6.54 Å². The summed E-state index contributed by atoms with van der Waals surface area (Å²) in [5.41, 5.74) is 2.46. The van der Waals surface area contributed by atoms with E-state index in [9.17, 15) is 0 Å². The van der Waals surface area contributed by atoms with Crippen LogP contribution >= 0.6 is 45.2 Å². The van der Waals surface area contributed by atoms with Crippen LogP contribution in [0.3, 0.4) is 0 Å². The lowest BCUT2D eigenvalue weighted by Crippen LogP contribution is -2.11. The Labute approximate surface area is 128 Å². The predicted octanol–water partition coefficient (Wildman–Crippen LogP) is 3.51. The summed E-state index contributed by atoms with van der Waals surface area (Å²) in [6.45, 7) is 3.94. The molecule has 0 aliphatic rings. The number of hydrogen-bond acceptors (Lipinski definition) is 2. The van der Waals surface area contributed by atoms with E-state index in [0.29, 0.717) is 0 Å². The van der Waals surface area contributed by atoms with E-state index in [-0.39, 0.29) is 0 Å². The van der Waals surface area contributed by atoms with Gasteiger partial charge in [0.2, 0.25) is 0 Å². The highest BCUT2D eigenvalue weighted by Crippen LogP contribution is 2.13. The zero-order valence-electron chi connectivity index (χ0n) is 9.45. The van der Waals surface area contributed by atoms with E-state index in [0.717, 1.165) is 16.8 Å². The third-order valence-electron chi connectivity index (χ3n) is 2.43. The Bertz CT molecular complexity index is 508. The van der Waals surface area contributed by atoms with Gasteiger partial charge in [0.15, 0.2) is 0 Å². The van der Waals surface area contributed by atoms with Crippen molar-refractivity contribution in [2.45, 2.75) is 13.5 Å². The molecule has 90 valence electrons. The zero-order chi connectivity index (χ0) is 12.3. The summed E-state index contributed by atoms with van der Waals surface area (Å²) in [6.07, 6.45) is 1.89. The van der Waals surface area contributed by atoms with Gasteiger partial charge in [-0.25, -0.2) is 4.98 Å². The molecule has 2 aromatic rings. The van der Waals surface area contributed by atoms with Crippen molar-refractivity contribution in [3.63, 3.8) is 0 Å². The molecule has 1 heterocycles. The van der Waals surface area contributed by atoms with E-state index < -0.39 is 0 Å². The molecule has 0 amide bonds. The molecule has 0 aliphatic carbocycles. The topological polar surface area (TPSA) is 29.9 Å². The van der Waals surface area contributed by atoms with Crippen molar-refractivity contribution in [3.8, 4) is 0 Å². The largest absolute Gasteiger partial charge is 0.383 e. The third kappa shape index (κ3) is 3.57. The summed E-state index contributed by atoms with van der Waals surface area (Å²) in [7, 11) is 0. The predicted molar refractivity (Wildman–Crippen MR) is 87.3 cm³/mol. The third-order valence-corrected chi connectivity index (χ3v) is 5.38. The van der Waals surface area contributed by atoms with E-state index in [1.165, 1.54) is 15.0 Å². The van der Waals surface area contributed by atoms with Crippen LogP contribution in [0.25, 0.3) is 0 Å². The fourth-order valence-corrected chi connectivity index (χ4v) is 2.51. The number of imidazole rings is 1. The SMILES string of the molecule is Cc1cccc(NCCn2cnc(I)c2I)c1. The molecule has 5 heteroatoms. The standard InChI is InChI=1S/C12H13I2N3/c1-9-3-2-4-10(7-9)15-5-6-17-8-16-11(13)12(17)14/h2-4,7-8,15H,5-6H2,1H3. The second-order valence-corrected chi connectivity index (χ2v) is 5.86. The summed E-state index contributed by atoms with van der Waals surface area (Å²) in [5.74, 6) is 0. The monoisotopic (exact) mass is 453 g/mol. The number of anilines is 1. The number of nitrogens with zero attached hydrogens (tertiary/aromatic N) is 2. The number of aryl methyl sites for hydroxylation is 1. The van der Waals surface area contributed by atoms with Gasteiger partial charge in [-0.1, -0.05) is 12.1 Å². The number of aromatic nitrogens is 2. The lowest BCUT2D eigenvalue weighted by molar-refractivity contribution is 0.711. The smallest absolute Gasteiger partial charge is 0.132 e. The first-order chi connectivity index (χ1) is 8.16. The molecule has 0 bridgehead atoms. The maximum atomic E-state index is 4.27. The van der Waals surface area contributed by atoms with Crippen LogP contribution in [0.1, 0.15) is 5.56 Å². The number of hydrogen-bond donors (Lipinski definition) is 1. The quantitative estimate of drug-likeness (QED) is 0.719. The Kier molecular flexibility index (Phi) is 4.66. The minimum Gasteiger partial charge on any atom is -0.383 e. The number of nitrogens with one attached hydrogen (secondary N) is 1. The molecule has 1 N–H and O–H groups in total. The van der Waals surface area contributed by atoms with Gasteiger partial charge in [-0.15, -0.1) is 0 Å². The van der Waals surface area contributed by atoms with Crippen LogP contribution in [0.5, 0.6) is 0 Å². The molecule has 1 aromatic heterocycles. The molecule has 0 atom stereocenters. The van der Waals surface area contributed by atoms with Crippen molar-refractivity contribution in [2.75, 3.05) is 11.9 Å². The summed E-state index contributed by atoms with van der Waals surface area (Å²) >= 11 is 4.58. The number of benzene rings is 1. The van der Waals surface area contributed by atoms with Gasteiger partial charge in [0.25, 0.3) is 0 Å². The first-order valence-corrected chi connectivity index (χ1v) is 7.49. The van der Waals surface area contributed by atoms with Gasteiger partial charge in [0.1, 0.15) is 7.40 Å². The molecule has 3 nitrogen and oxygen atoms in total. The zero-order valence-corrected chi connectivity index (χ0v) is 13.8. The molecule has 0 saturated heterocycles. The first kappa shape index (κ1) is 13.1. The fourth-order valence-electron chi connectivity index (χ4n) is 1.57. The highest BCUT2D eigenvalue weighted by molar-refractivity contribution is 14.1. The molecule has 0 saturated carbocycles. The van der Waals surface area contributed by atoms with E-state index in [4.69, 9.17) is 0 Å². The lowest BCUT2D eigenvalue weighted by Gasteiger charge is -2.08. The van der Waals surface area contributed by atoms with Crippen molar-refractivity contribution in [1.29, 1.82) is 0 Å². The highest BCUT2D eigenvalue weighted by atomic mass is 127. The van der Waals surface area contributed by atoms with Crippen LogP contribution in [0, 0.1) is 14.3 Å². The molecule has 17 heavy (non-hydrogen) atoms. The summed E-state index contributed by atoms with van der Waals surface area (Å²) < 4.78 is 4.43. The van der Waals surface area contributed by atoms with Gasteiger partial charge in [0.05, 0.1) is 6.33 Å². The molecule has 0 fully saturated rings. The van der Waals surface area contributed by atoms with E-state index >= 15 is 0 Å². The highest BCUT2D eigenvalue weighted by Gasteiger charge is 2.03. The summed E-state index contributed by atoms with van der Waals surface area (Å²) in [6, 6.07) is 8.42. The molecule has 0 spiro atoms. The second kappa shape index (κ2) is 6.03. The normalized spacial score (nSPS) is 10.5. The van der Waals surface area contributed by atoms with Crippen LogP contribution in [0.2, 0.25) is 0 Å². The molecule has 0 unspecified atom stereocenters. The Morgan fingerprint density at radius 2 is 2.18 bits per heavy atom. The van der Waals surface area contributed by atoms with Gasteiger partial charge in [-0.3, -0.25) is 0 Å². The lowest BCUT2D eigenvalue weighted by atomic mass is 10.2. The molecule has 0 radical (unpaired) electrons. The van der Waals surface area contributed by atoms with Gasteiger partial charge in [-0.2, -0.15) is 0 Å². The van der Waals surface area contributed by atoms with Gasteiger partial charge >= 0.3 is 0 Å². The van der Waals surface area contributed by atoms with Gasteiger partial charge < -0.3 is 9.88 Å². The minimum absolute atomic E-state index is 0.909. The van der Waals surface area contributed by atoms with E-state index in [1.54, 1.807) is 0 Å². The van der Waals surface area contributed by atoms with E-state index in [1.807, 2.05) is 6.33 Å². The Hall–Kier alpha value is -0.310. The average molecular weight is 453 g/mol. The number of rotatable bonds is 4. The maximum absolute atomic E-state index is 4.27. The van der Waals surface area contributed by atoms with Crippen molar-refractivity contribution in [2.24, 2.45) is 0 Å². The molecule has 2 rings (SSSR count). The average Bonchev–Trinajstić information content (AvgIpc) is 2.61.